The summed E-state index contributed by atoms with van der Waals surface area (Å²) in [5, 5.41) is 3.20. The smallest absolute Gasteiger partial charge is 0.132 e. The van der Waals surface area contributed by atoms with Gasteiger partial charge in [-0.2, -0.15) is 0 Å². The average Bonchev–Trinajstić information content (AvgIpc) is 2.35. The van der Waals surface area contributed by atoms with Gasteiger partial charge in [-0.25, -0.2) is 0 Å². The number of ether oxygens (including phenoxy) is 2. The molecule has 5 heteroatoms. The molecule has 0 atom stereocenters. The second kappa shape index (κ2) is 7.04. The van der Waals surface area contributed by atoms with Crippen LogP contribution in [0.2, 0.25) is 0 Å². The van der Waals surface area contributed by atoms with E-state index in [2.05, 4.69) is 21.2 Å². The van der Waals surface area contributed by atoms with Crippen LogP contribution in [-0.2, 0) is 6.54 Å². The summed E-state index contributed by atoms with van der Waals surface area (Å²) < 4.78 is 10.7. The first-order valence-electron chi connectivity index (χ1n) is 4.82. The van der Waals surface area contributed by atoms with E-state index in [0.717, 1.165) is 34.0 Å². The highest BCUT2D eigenvalue weighted by Crippen LogP contribution is 2.34. The number of hydrogen-bond donors (Lipinski definition) is 1. The maximum Gasteiger partial charge on any atom is 0.132 e. The number of nitrogens with one attached hydrogen (secondary N) is 1. The maximum absolute atomic E-state index is 5.36. The van der Waals surface area contributed by atoms with E-state index in [4.69, 9.17) is 9.47 Å². The highest BCUT2D eigenvalue weighted by molar-refractivity contribution is 9.09. The molecule has 0 aromatic heterocycles. The monoisotopic (exact) mass is 305 g/mol. The van der Waals surface area contributed by atoms with E-state index in [1.54, 1.807) is 26.0 Å². The highest BCUT2D eigenvalue weighted by atomic mass is 79.9. The molecule has 0 radical (unpaired) electrons. The lowest BCUT2D eigenvalue weighted by Gasteiger charge is -2.13. The standard InChI is InChI=1S/C11H16BrNO2S/c1-14-9-5-11(16-3)10(15-2)4-8(9)6-13-7-12/h4-5,13H,6-7H2,1-3H3. The van der Waals surface area contributed by atoms with Crippen molar-refractivity contribution in [3.63, 3.8) is 0 Å². The van der Waals surface area contributed by atoms with Gasteiger partial charge in [0.2, 0.25) is 0 Å². The topological polar surface area (TPSA) is 30.5 Å². The summed E-state index contributed by atoms with van der Waals surface area (Å²) in [6.07, 6.45) is 2.02. The first kappa shape index (κ1) is 13.7. The van der Waals surface area contributed by atoms with Crippen molar-refractivity contribution in [2.75, 3.05) is 25.9 Å². The van der Waals surface area contributed by atoms with Crippen molar-refractivity contribution in [1.29, 1.82) is 0 Å². The first-order chi connectivity index (χ1) is 7.76. The molecule has 0 saturated carbocycles. The molecule has 0 aliphatic rings. The third-order valence-corrected chi connectivity index (χ3v) is 3.35. The van der Waals surface area contributed by atoms with Crippen LogP contribution in [-0.4, -0.2) is 25.9 Å². The van der Waals surface area contributed by atoms with E-state index < -0.39 is 0 Å². The van der Waals surface area contributed by atoms with Gasteiger partial charge in [0.1, 0.15) is 11.5 Å². The molecule has 16 heavy (non-hydrogen) atoms. The van der Waals surface area contributed by atoms with E-state index in [9.17, 15) is 0 Å². The fourth-order valence-corrected chi connectivity index (χ4v) is 2.18. The van der Waals surface area contributed by atoms with Gasteiger partial charge in [0.05, 0.1) is 24.6 Å². The molecule has 90 valence electrons. The molecule has 0 aliphatic carbocycles. The van der Waals surface area contributed by atoms with Crippen LogP contribution in [0.5, 0.6) is 11.5 Å². The van der Waals surface area contributed by atoms with Gasteiger partial charge < -0.3 is 14.8 Å². The number of benzene rings is 1. The second-order valence-corrected chi connectivity index (χ2v) is 4.49. The number of rotatable bonds is 6. The second-order valence-electron chi connectivity index (χ2n) is 3.08. The zero-order chi connectivity index (χ0) is 12.0. The predicted octanol–water partition coefficient (Wildman–Crippen LogP) is 2.87. The Hall–Kier alpha value is -0.390. The molecule has 0 heterocycles. The third kappa shape index (κ3) is 3.30. The van der Waals surface area contributed by atoms with E-state index in [1.165, 1.54) is 0 Å². The molecule has 0 amide bonds. The van der Waals surface area contributed by atoms with E-state index in [-0.39, 0.29) is 0 Å². The van der Waals surface area contributed by atoms with Gasteiger partial charge in [-0.1, -0.05) is 15.9 Å². The predicted molar refractivity (Wildman–Crippen MR) is 72.0 cm³/mol. The number of alkyl halides is 1. The Balaban J connectivity index is 3.05. The van der Waals surface area contributed by atoms with Crippen molar-refractivity contribution in [2.45, 2.75) is 11.4 Å². The van der Waals surface area contributed by atoms with Crippen molar-refractivity contribution < 1.29 is 9.47 Å². The minimum atomic E-state index is 0.749. The van der Waals surface area contributed by atoms with Gasteiger partial charge >= 0.3 is 0 Å². The van der Waals surface area contributed by atoms with Crippen molar-refractivity contribution in [2.24, 2.45) is 0 Å². The van der Waals surface area contributed by atoms with Crippen molar-refractivity contribution in [1.82, 2.24) is 5.32 Å². The molecule has 0 unspecified atom stereocenters. The minimum Gasteiger partial charge on any atom is -0.496 e. The lowest BCUT2D eigenvalue weighted by molar-refractivity contribution is 0.389. The maximum atomic E-state index is 5.36. The Kier molecular flexibility index (Phi) is 6.01. The first-order valence-corrected chi connectivity index (χ1v) is 7.17. The van der Waals surface area contributed by atoms with Gasteiger partial charge in [-0.3, -0.25) is 0 Å². The minimum absolute atomic E-state index is 0.749. The molecule has 3 nitrogen and oxygen atoms in total. The van der Waals surface area contributed by atoms with Crippen LogP contribution >= 0.6 is 27.7 Å². The zero-order valence-electron chi connectivity index (χ0n) is 9.67. The molecule has 0 bridgehead atoms. The van der Waals surface area contributed by atoms with Crippen LogP contribution < -0.4 is 14.8 Å². The summed E-state index contributed by atoms with van der Waals surface area (Å²) in [7, 11) is 3.37. The third-order valence-electron chi connectivity index (χ3n) is 2.20. The lowest BCUT2D eigenvalue weighted by atomic mass is 10.2. The number of hydrogen-bond acceptors (Lipinski definition) is 4. The van der Waals surface area contributed by atoms with Crippen LogP contribution in [0.1, 0.15) is 5.56 Å². The largest absolute Gasteiger partial charge is 0.496 e. The Morgan fingerprint density at radius 3 is 2.44 bits per heavy atom. The number of thioether (sulfide) groups is 1. The van der Waals surface area contributed by atoms with E-state index >= 15 is 0 Å². The molecule has 0 aliphatic heterocycles. The van der Waals surface area contributed by atoms with Gasteiger partial charge in [0.25, 0.3) is 0 Å². The van der Waals surface area contributed by atoms with Crippen LogP contribution in [0, 0.1) is 0 Å². The normalized spacial score (nSPS) is 10.2. The van der Waals surface area contributed by atoms with Crippen LogP contribution in [0.4, 0.5) is 0 Å². The van der Waals surface area contributed by atoms with Crippen molar-refractivity contribution in [3.05, 3.63) is 17.7 Å². The Bertz CT molecular complexity index is 347. The summed E-state index contributed by atoms with van der Waals surface area (Å²) in [6, 6.07) is 4.02. The molecule has 0 spiro atoms. The summed E-state index contributed by atoms with van der Waals surface area (Å²) in [5.74, 6) is 1.78. The summed E-state index contributed by atoms with van der Waals surface area (Å²) in [4.78, 5) is 1.09. The van der Waals surface area contributed by atoms with E-state index in [0.29, 0.717) is 0 Å². The molecular weight excluding hydrogens is 290 g/mol. The molecule has 1 aromatic carbocycles. The molecular formula is C11H16BrNO2S. The molecule has 0 saturated heterocycles. The SMILES string of the molecule is COc1cc(SC)c(OC)cc1CNCBr. The Morgan fingerprint density at radius 2 is 1.94 bits per heavy atom. The van der Waals surface area contributed by atoms with Gasteiger partial charge in [0, 0.05) is 12.1 Å². The fraction of sp³-hybridized carbons (Fsp3) is 0.455. The summed E-state index contributed by atoms with van der Waals surface area (Å²) in [6.45, 7) is 0.749. The van der Waals surface area contributed by atoms with Crippen molar-refractivity contribution >= 4 is 27.7 Å². The van der Waals surface area contributed by atoms with Crippen molar-refractivity contribution in [3.8, 4) is 11.5 Å². The average molecular weight is 306 g/mol. The highest BCUT2D eigenvalue weighted by Gasteiger charge is 2.10. The van der Waals surface area contributed by atoms with Crippen LogP contribution in [0.25, 0.3) is 0 Å². The molecule has 1 aromatic rings. The summed E-state index contributed by atoms with van der Waals surface area (Å²) in [5.41, 5.74) is 1.85. The Morgan fingerprint density at radius 1 is 1.25 bits per heavy atom. The molecule has 1 N–H and O–H groups in total. The van der Waals surface area contributed by atoms with Crippen LogP contribution in [0.3, 0.4) is 0 Å². The molecule has 1 rings (SSSR count). The number of methoxy groups -OCH3 is 2. The van der Waals surface area contributed by atoms with Gasteiger partial charge in [-0.05, 0) is 18.4 Å². The lowest BCUT2D eigenvalue weighted by Crippen LogP contribution is -2.11. The van der Waals surface area contributed by atoms with Gasteiger partial charge in [-0.15, -0.1) is 11.8 Å². The Labute approximate surface area is 109 Å². The van der Waals surface area contributed by atoms with Gasteiger partial charge in [0.15, 0.2) is 0 Å². The van der Waals surface area contributed by atoms with Crippen LogP contribution in [0.15, 0.2) is 17.0 Å². The quantitative estimate of drug-likeness (QED) is 0.497. The molecule has 0 fully saturated rings. The summed E-state index contributed by atoms with van der Waals surface area (Å²) >= 11 is 4.98. The fourth-order valence-electron chi connectivity index (χ4n) is 1.41. The number of halogens is 1. The van der Waals surface area contributed by atoms with E-state index in [1.807, 2.05) is 18.4 Å². The zero-order valence-corrected chi connectivity index (χ0v) is 12.1.